The highest BCUT2D eigenvalue weighted by molar-refractivity contribution is 6.38. The van der Waals surface area contributed by atoms with Gasteiger partial charge >= 0.3 is 0 Å². The number of para-hydroxylation sites is 2. The molecule has 0 saturated heterocycles. The zero-order valence-corrected chi connectivity index (χ0v) is 29.7. The van der Waals surface area contributed by atoms with E-state index in [4.69, 9.17) is 51.1 Å². The standard InChI is InChI=1S/C23H19Cl2NO2.C16H13Cl2NO2/c1-15-11-17-9-5-6-10-21(17)26(15)23(27)18-12-19(24)22(20(25)13-18)28-14-16-7-3-2-4-8-16;1-9-6-10-4-2-3-5-14(10)19(9)16(21)11-7-12(17)15(20)13(18)8-11/h2-10,12-13,15H,11,14H2,1H3;2-5,7-9,20H,6H2,1H3. The van der Waals surface area contributed by atoms with Gasteiger partial charge in [-0.2, -0.15) is 0 Å². The summed E-state index contributed by atoms with van der Waals surface area (Å²) >= 11 is 24.6. The fourth-order valence-electron chi connectivity index (χ4n) is 6.27. The van der Waals surface area contributed by atoms with Gasteiger partial charge in [0.05, 0.1) is 20.1 Å². The summed E-state index contributed by atoms with van der Waals surface area (Å²) in [7, 11) is 0. The van der Waals surface area contributed by atoms with E-state index in [9.17, 15) is 14.7 Å². The zero-order chi connectivity index (χ0) is 34.8. The maximum absolute atomic E-state index is 13.2. The lowest BCUT2D eigenvalue weighted by Gasteiger charge is -2.23. The van der Waals surface area contributed by atoms with Crippen LogP contribution in [-0.2, 0) is 19.4 Å². The Morgan fingerprint density at radius 2 is 1.06 bits per heavy atom. The zero-order valence-electron chi connectivity index (χ0n) is 26.7. The van der Waals surface area contributed by atoms with Crippen LogP contribution in [0.3, 0.4) is 0 Å². The number of fused-ring (bicyclic) bond motifs is 2. The van der Waals surface area contributed by atoms with Gasteiger partial charge in [-0.05, 0) is 79.8 Å². The molecule has 0 radical (unpaired) electrons. The molecule has 0 spiro atoms. The maximum Gasteiger partial charge on any atom is 0.258 e. The highest BCUT2D eigenvalue weighted by Gasteiger charge is 2.33. The first-order valence-corrected chi connectivity index (χ1v) is 17.2. The van der Waals surface area contributed by atoms with Gasteiger partial charge in [0.2, 0.25) is 0 Å². The van der Waals surface area contributed by atoms with Gasteiger partial charge in [-0.3, -0.25) is 9.59 Å². The predicted octanol–water partition coefficient (Wildman–Crippen LogP) is 10.5. The molecule has 0 aliphatic carbocycles. The van der Waals surface area contributed by atoms with Gasteiger partial charge in [0.1, 0.15) is 6.61 Å². The van der Waals surface area contributed by atoms with Crippen molar-refractivity contribution in [3.8, 4) is 11.5 Å². The van der Waals surface area contributed by atoms with Gasteiger partial charge in [0.25, 0.3) is 11.8 Å². The molecule has 0 saturated carbocycles. The Hall–Kier alpha value is -4.20. The number of hydrogen-bond acceptors (Lipinski definition) is 4. The summed E-state index contributed by atoms with van der Waals surface area (Å²) in [6.07, 6.45) is 1.66. The van der Waals surface area contributed by atoms with E-state index in [0.29, 0.717) is 33.5 Å². The molecule has 5 aromatic carbocycles. The molecule has 7 rings (SSSR count). The highest BCUT2D eigenvalue weighted by atomic mass is 35.5. The number of carbonyl (C=O) groups excluding carboxylic acids is 2. The number of phenolic OH excluding ortho intramolecular Hbond substituents is 1. The monoisotopic (exact) mass is 732 g/mol. The molecule has 0 aromatic heterocycles. The third-order valence-electron chi connectivity index (χ3n) is 8.59. The Morgan fingerprint density at radius 1 is 0.653 bits per heavy atom. The lowest BCUT2D eigenvalue weighted by Crippen LogP contribution is -2.35. The molecule has 2 unspecified atom stereocenters. The van der Waals surface area contributed by atoms with Crippen LogP contribution >= 0.6 is 46.4 Å². The molecule has 0 fully saturated rings. The average molecular weight is 735 g/mol. The number of nitrogens with zero attached hydrogens (tertiary/aromatic N) is 2. The molecule has 2 atom stereocenters. The van der Waals surface area contributed by atoms with E-state index in [2.05, 4.69) is 6.07 Å². The van der Waals surface area contributed by atoms with Gasteiger partial charge in [0.15, 0.2) is 11.5 Å². The normalized spacial score (nSPS) is 16.0. The van der Waals surface area contributed by atoms with Gasteiger partial charge < -0.3 is 19.6 Å². The van der Waals surface area contributed by atoms with E-state index in [1.165, 1.54) is 17.7 Å². The molecule has 2 heterocycles. The molecular formula is C39H32Cl4N2O4. The quantitative estimate of drug-likeness (QED) is 0.195. The minimum atomic E-state index is -0.204. The van der Waals surface area contributed by atoms with Crippen LogP contribution in [0.25, 0.3) is 0 Å². The molecular weight excluding hydrogens is 702 g/mol. The van der Waals surface area contributed by atoms with Crippen LogP contribution in [0.4, 0.5) is 11.4 Å². The van der Waals surface area contributed by atoms with Crippen molar-refractivity contribution in [2.45, 2.75) is 45.4 Å². The van der Waals surface area contributed by atoms with E-state index in [-0.39, 0.29) is 39.7 Å². The lowest BCUT2D eigenvalue weighted by atomic mass is 10.1. The van der Waals surface area contributed by atoms with E-state index < -0.39 is 0 Å². The van der Waals surface area contributed by atoms with Crippen LogP contribution < -0.4 is 14.5 Å². The Balaban J connectivity index is 0.000000177. The number of hydrogen-bond donors (Lipinski definition) is 1. The van der Waals surface area contributed by atoms with E-state index in [0.717, 1.165) is 35.3 Å². The van der Waals surface area contributed by atoms with E-state index in [1.807, 2.05) is 91.5 Å². The molecule has 0 bridgehead atoms. The van der Waals surface area contributed by atoms with Gasteiger partial charge in [-0.1, -0.05) is 113 Å². The Bertz CT molecular complexity index is 1990. The summed E-state index contributed by atoms with van der Waals surface area (Å²) in [5.74, 6) is -0.101. The second-order valence-corrected chi connectivity index (χ2v) is 13.7. The summed E-state index contributed by atoms with van der Waals surface area (Å²) in [4.78, 5) is 29.5. The molecule has 10 heteroatoms. The molecule has 250 valence electrons. The van der Waals surface area contributed by atoms with Crippen molar-refractivity contribution in [3.05, 3.63) is 151 Å². The van der Waals surface area contributed by atoms with Crippen LogP contribution in [0.2, 0.25) is 20.1 Å². The molecule has 2 amide bonds. The van der Waals surface area contributed by atoms with Gasteiger partial charge in [-0.25, -0.2) is 0 Å². The smallest absolute Gasteiger partial charge is 0.258 e. The fraction of sp³-hybridized carbons (Fsp3) is 0.179. The van der Waals surface area contributed by atoms with E-state index in [1.54, 1.807) is 17.0 Å². The number of anilines is 2. The third kappa shape index (κ3) is 7.24. The largest absolute Gasteiger partial charge is 0.505 e. The first-order chi connectivity index (χ1) is 23.5. The maximum atomic E-state index is 13.2. The number of phenols is 1. The van der Waals surface area contributed by atoms with Crippen LogP contribution in [0.15, 0.2) is 103 Å². The van der Waals surface area contributed by atoms with Crippen molar-refractivity contribution < 1.29 is 19.4 Å². The summed E-state index contributed by atoms with van der Waals surface area (Å²) in [6.45, 7) is 4.39. The number of rotatable bonds is 5. The number of amides is 2. The van der Waals surface area contributed by atoms with Crippen LogP contribution in [0, 0.1) is 0 Å². The molecule has 2 aliphatic rings. The first-order valence-electron chi connectivity index (χ1n) is 15.7. The third-order valence-corrected chi connectivity index (χ3v) is 9.72. The summed E-state index contributed by atoms with van der Waals surface area (Å²) in [5.41, 5.74) is 6.00. The van der Waals surface area contributed by atoms with Crippen molar-refractivity contribution in [2.24, 2.45) is 0 Å². The topological polar surface area (TPSA) is 70.1 Å². The Labute approximate surface area is 305 Å². The average Bonchev–Trinajstić information content (AvgIpc) is 3.61. The summed E-state index contributed by atoms with van der Waals surface area (Å²) in [5, 5.41) is 10.4. The highest BCUT2D eigenvalue weighted by Crippen LogP contribution is 2.39. The Kier molecular flexibility index (Phi) is 10.4. The number of carbonyl (C=O) groups is 2. The molecule has 49 heavy (non-hydrogen) atoms. The summed E-state index contributed by atoms with van der Waals surface area (Å²) < 4.78 is 5.80. The number of halogens is 4. The van der Waals surface area contributed by atoms with Crippen molar-refractivity contribution in [2.75, 3.05) is 9.80 Å². The van der Waals surface area contributed by atoms with Crippen LogP contribution in [-0.4, -0.2) is 29.0 Å². The van der Waals surface area contributed by atoms with Gasteiger partial charge in [0, 0.05) is 34.6 Å². The summed E-state index contributed by atoms with van der Waals surface area (Å²) in [6, 6.07) is 31.8. The van der Waals surface area contributed by atoms with Crippen molar-refractivity contribution in [1.82, 2.24) is 0 Å². The number of aromatic hydroxyl groups is 1. The minimum absolute atomic E-state index is 0.0706. The molecule has 6 nitrogen and oxygen atoms in total. The molecule has 1 N–H and O–H groups in total. The lowest BCUT2D eigenvalue weighted by molar-refractivity contribution is 0.0973. The molecule has 2 aliphatic heterocycles. The van der Waals surface area contributed by atoms with Crippen LogP contribution in [0.5, 0.6) is 11.5 Å². The van der Waals surface area contributed by atoms with Crippen LogP contribution in [0.1, 0.15) is 51.3 Å². The first kappa shape index (κ1) is 34.7. The minimum Gasteiger partial charge on any atom is -0.505 e. The number of benzene rings is 5. The molecule has 5 aromatic rings. The second-order valence-electron chi connectivity index (χ2n) is 12.0. The van der Waals surface area contributed by atoms with Crippen molar-refractivity contribution in [1.29, 1.82) is 0 Å². The van der Waals surface area contributed by atoms with Crippen molar-refractivity contribution in [3.63, 3.8) is 0 Å². The second kappa shape index (κ2) is 14.7. The Morgan fingerprint density at radius 3 is 1.53 bits per heavy atom. The van der Waals surface area contributed by atoms with Gasteiger partial charge in [-0.15, -0.1) is 0 Å². The number of ether oxygens (including phenoxy) is 1. The SMILES string of the molecule is CC1Cc2ccccc2N1C(=O)c1cc(Cl)c(O)c(Cl)c1.CC1Cc2ccccc2N1C(=O)c1cc(Cl)c(OCc2ccccc2)c(Cl)c1. The fourth-order valence-corrected chi connectivity index (χ4v) is 7.35. The predicted molar refractivity (Wildman–Crippen MR) is 198 cm³/mol. The van der Waals surface area contributed by atoms with Crippen molar-refractivity contribution >= 4 is 69.6 Å². The van der Waals surface area contributed by atoms with E-state index >= 15 is 0 Å².